The molecule has 0 saturated heterocycles. The Morgan fingerprint density at radius 1 is 0.968 bits per heavy atom. The molecule has 0 bridgehead atoms. The van der Waals surface area contributed by atoms with Crippen molar-refractivity contribution in [1.29, 1.82) is 0 Å². The molecule has 9 nitrogen and oxygen atoms in total. The molecule has 2 aromatic carbocycles. The van der Waals surface area contributed by atoms with Gasteiger partial charge in [-0.3, -0.25) is 19.2 Å². The summed E-state index contributed by atoms with van der Waals surface area (Å²) in [4.78, 5) is 35.5. The predicted octanol–water partition coefficient (Wildman–Crippen LogP) is 2.22. The lowest BCUT2D eigenvalue weighted by molar-refractivity contribution is -0.123. The van der Waals surface area contributed by atoms with Crippen molar-refractivity contribution < 1.29 is 32.0 Å². The largest absolute Gasteiger partial charge is 0.459 e. The van der Waals surface area contributed by atoms with Gasteiger partial charge in [0.2, 0.25) is 0 Å². The van der Waals surface area contributed by atoms with E-state index >= 15 is 0 Å². The van der Waals surface area contributed by atoms with Crippen LogP contribution in [-0.4, -0.2) is 39.9 Å². The number of benzene rings is 2. The number of hydrogen-bond acceptors (Lipinski definition) is 7. The zero-order chi connectivity index (χ0) is 22.4. The molecule has 0 radical (unpaired) electrons. The summed E-state index contributed by atoms with van der Waals surface area (Å²) in [6.45, 7) is -0.692. The quantitative estimate of drug-likeness (QED) is 0.557. The molecule has 0 aliphatic heterocycles. The zero-order valence-electron chi connectivity index (χ0n) is 16.3. The first-order valence-corrected chi connectivity index (χ1v) is 10.4. The van der Waals surface area contributed by atoms with Crippen LogP contribution >= 0.6 is 0 Å². The third kappa shape index (κ3) is 5.17. The van der Waals surface area contributed by atoms with E-state index in [2.05, 4.69) is 0 Å². The molecule has 0 atom stereocenters. The summed E-state index contributed by atoms with van der Waals surface area (Å²) >= 11 is 0. The van der Waals surface area contributed by atoms with Gasteiger partial charge in [0, 0.05) is 7.05 Å². The number of carbonyl (C=O) groups excluding carboxylic acids is 3. The van der Waals surface area contributed by atoms with E-state index in [1.807, 2.05) is 5.32 Å². The van der Waals surface area contributed by atoms with Crippen molar-refractivity contribution in [3.8, 4) is 0 Å². The van der Waals surface area contributed by atoms with E-state index in [0.717, 1.165) is 4.31 Å². The minimum absolute atomic E-state index is 0.0165. The van der Waals surface area contributed by atoms with Crippen LogP contribution in [0.15, 0.2) is 82.3 Å². The second-order valence-electron chi connectivity index (χ2n) is 6.26. The molecule has 160 valence electrons. The van der Waals surface area contributed by atoms with Gasteiger partial charge in [0.15, 0.2) is 12.4 Å². The second kappa shape index (κ2) is 9.26. The molecule has 0 aliphatic carbocycles. The van der Waals surface area contributed by atoms with Gasteiger partial charge >= 0.3 is 5.97 Å². The van der Waals surface area contributed by atoms with Crippen LogP contribution in [0.1, 0.15) is 20.9 Å². The Labute approximate surface area is 178 Å². The monoisotopic (exact) mass is 442 g/mol. The summed E-state index contributed by atoms with van der Waals surface area (Å²) in [6, 6.07) is 16.5. The minimum atomic E-state index is -3.82. The van der Waals surface area contributed by atoms with E-state index in [1.54, 1.807) is 30.3 Å². The number of ether oxygens (including phenoxy) is 1. The van der Waals surface area contributed by atoms with Gasteiger partial charge in [-0.2, -0.15) is 0 Å². The van der Waals surface area contributed by atoms with Crippen molar-refractivity contribution in [2.24, 2.45) is 0 Å². The number of anilines is 1. The van der Waals surface area contributed by atoms with E-state index in [4.69, 9.17) is 9.15 Å². The van der Waals surface area contributed by atoms with Crippen LogP contribution < -0.4 is 9.62 Å². The molecule has 0 saturated carbocycles. The molecule has 1 N–H and O–H groups in total. The number of amides is 2. The van der Waals surface area contributed by atoms with Crippen LogP contribution in [-0.2, 0) is 19.6 Å². The molecule has 0 aliphatic rings. The lowest BCUT2D eigenvalue weighted by Crippen LogP contribution is -2.34. The number of esters is 1. The van der Waals surface area contributed by atoms with Crippen LogP contribution in [0.3, 0.4) is 0 Å². The molecule has 31 heavy (non-hydrogen) atoms. The van der Waals surface area contributed by atoms with Crippen LogP contribution in [0.25, 0.3) is 0 Å². The third-order valence-corrected chi connectivity index (χ3v) is 6.00. The summed E-state index contributed by atoms with van der Waals surface area (Å²) in [5.41, 5.74) is 0.535. The fourth-order valence-corrected chi connectivity index (χ4v) is 3.74. The molecular formula is C21H18N2O7S. The van der Waals surface area contributed by atoms with Crippen LogP contribution in [0.2, 0.25) is 0 Å². The third-order valence-electron chi connectivity index (χ3n) is 4.20. The van der Waals surface area contributed by atoms with E-state index in [-0.39, 0.29) is 16.2 Å². The van der Waals surface area contributed by atoms with Crippen molar-refractivity contribution in [3.05, 3.63) is 84.3 Å². The molecule has 0 fully saturated rings. The fraction of sp³-hybridized carbons (Fsp3) is 0.0952. The average molecular weight is 442 g/mol. The number of sulfonamides is 1. The van der Waals surface area contributed by atoms with Gasteiger partial charge in [-0.1, -0.05) is 18.2 Å². The first-order valence-electron chi connectivity index (χ1n) is 8.98. The number of hydrogen-bond donors (Lipinski definition) is 1. The zero-order valence-corrected chi connectivity index (χ0v) is 17.2. The summed E-state index contributed by atoms with van der Waals surface area (Å²) in [5, 5.41) is 2.01. The highest BCUT2D eigenvalue weighted by atomic mass is 32.2. The molecule has 10 heteroatoms. The Balaban J connectivity index is 1.59. The summed E-state index contributed by atoms with van der Waals surface area (Å²) in [7, 11) is -2.40. The van der Waals surface area contributed by atoms with Crippen LogP contribution in [0, 0.1) is 0 Å². The Morgan fingerprint density at radius 2 is 1.65 bits per heavy atom. The highest BCUT2D eigenvalue weighted by molar-refractivity contribution is 7.92. The maximum absolute atomic E-state index is 12.7. The molecule has 2 amide bonds. The Morgan fingerprint density at radius 3 is 2.26 bits per heavy atom. The highest BCUT2D eigenvalue weighted by Gasteiger charge is 2.22. The molecule has 3 aromatic rings. The van der Waals surface area contributed by atoms with E-state index in [0.29, 0.717) is 5.69 Å². The van der Waals surface area contributed by atoms with Gasteiger partial charge < -0.3 is 9.15 Å². The highest BCUT2D eigenvalue weighted by Crippen LogP contribution is 2.22. The maximum Gasteiger partial charge on any atom is 0.338 e. The standard InChI is InChI=1S/C21H18N2O7S/c1-23(16-6-3-2-4-7-16)31(27,28)17-11-9-15(10-12-17)21(26)30-14-19(24)22-20(25)18-8-5-13-29-18/h2-13H,14H2,1H3,(H,22,24,25). The first-order chi connectivity index (χ1) is 14.8. The van der Waals surface area contributed by atoms with Gasteiger partial charge in [-0.15, -0.1) is 0 Å². The number of carbonyl (C=O) groups is 3. The Hall–Kier alpha value is -3.92. The van der Waals surface area contributed by atoms with Crippen molar-refractivity contribution in [1.82, 2.24) is 5.32 Å². The van der Waals surface area contributed by atoms with E-state index in [1.165, 1.54) is 49.7 Å². The molecule has 1 heterocycles. The van der Waals surface area contributed by atoms with Gasteiger partial charge in [-0.25, -0.2) is 13.2 Å². The number of furan rings is 1. The van der Waals surface area contributed by atoms with Gasteiger partial charge in [0.05, 0.1) is 22.4 Å². The number of nitrogens with zero attached hydrogens (tertiary/aromatic N) is 1. The average Bonchev–Trinajstić information content (AvgIpc) is 3.33. The van der Waals surface area contributed by atoms with Gasteiger partial charge in [0.1, 0.15) is 0 Å². The molecule has 0 unspecified atom stereocenters. The molecular weight excluding hydrogens is 424 g/mol. The molecule has 0 spiro atoms. The second-order valence-corrected chi connectivity index (χ2v) is 8.23. The summed E-state index contributed by atoms with van der Waals surface area (Å²) < 4.78 is 36.3. The topological polar surface area (TPSA) is 123 Å². The number of nitrogens with one attached hydrogen (secondary N) is 1. The minimum Gasteiger partial charge on any atom is -0.459 e. The van der Waals surface area contributed by atoms with E-state index in [9.17, 15) is 22.8 Å². The smallest absolute Gasteiger partial charge is 0.338 e. The van der Waals surface area contributed by atoms with E-state index < -0.39 is 34.4 Å². The lowest BCUT2D eigenvalue weighted by atomic mass is 10.2. The summed E-state index contributed by atoms with van der Waals surface area (Å²) in [6.07, 6.45) is 1.28. The van der Waals surface area contributed by atoms with Crippen LogP contribution in [0.4, 0.5) is 5.69 Å². The first kappa shape index (κ1) is 21.8. The maximum atomic E-state index is 12.7. The van der Waals surface area contributed by atoms with Crippen molar-refractivity contribution >= 4 is 33.5 Å². The summed E-state index contributed by atoms with van der Waals surface area (Å²) in [5.74, 6) is -2.50. The normalized spacial score (nSPS) is 10.9. The number of imide groups is 1. The van der Waals surface area contributed by atoms with Gasteiger partial charge in [-0.05, 0) is 48.5 Å². The number of para-hydroxylation sites is 1. The van der Waals surface area contributed by atoms with Crippen molar-refractivity contribution in [3.63, 3.8) is 0 Å². The van der Waals surface area contributed by atoms with Crippen LogP contribution in [0.5, 0.6) is 0 Å². The molecule has 1 aromatic heterocycles. The molecule has 3 rings (SSSR count). The van der Waals surface area contributed by atoms with Gasteiger partial charge in [0.25, 0.3) is 21.8 Å². The SMILES string of the molecule is CN(c1ccccc1)S(=O)(=O)c1ccc(C(=O)OCC(=O)NC(=O)c2ccco2)cc1. The number of rotatable bonds is 7. The Kier molecular flexibility index (Phi) is 6.51. The van der Waals surface area contributed by atoms with Crippen molar-refractivity contribution in [2.75, 3.05) is 18.0 Å². The Bertz CT molecular complexity index is 1170. The van der Waals surface area contributed by atoms with Crippen molar-refractivity contribution in [2.45, 2.75) is 4.90 Å². The fourth-order valence-electron chi connectivity index (χ4n) is 2.54. The lowest BCUT2D eigenvalue weighted by Gasteiger charge is -2.19. The predicted molar refractivity (Wildman–Crippen MR) is 110 cm³/mol.